The number of fused-ring (bicyclic) bond motifs is 6. The van der Waals surface area contributed by atoms with Gasteiger partial charge in [0.1, 0.15) is 0 Å². The summed E-state index contributed by atoms with van der Waals surface area (Å²) >= 11 is 3.67. The lowest BCUT2D eigenvalue weighted by Crippen LogP contribution is -1.99. The van der Waals surface area contributed by atoms with Crippen molar-refractivity contribution >= 4 is 63.0 Å². The number of rotatable bonds is 6. The molecular weight excluding hydrogens is 717 g/mol. The van der Waals surface area contributed by atoms with Gasteiger partial charge in [0.25, 0.3) is 0 Å². The molecule has 0 aliphatic carbocycles. The smallest absolute Gasteiger partial charge is 0.161 e. The molecule has 0 bridgehead atoms. The lowest BCUT2D eigenvalue weighted by Gasteiger charge is -2.18. The van der Waals surface area contributed by atoms with E-state index in [9.17, 15) is 0 Å². The van der Waals surface area contributed by atoms with Gasteiger partial charge >= 0.3 is 0 Å². The summed E-state index contributed by atoms with van der Waals surface area (Å²) in [6.45, 7) is 0. The predicted octanol–water partition coefficient (Wildman–Crippen LogP) is 15.2. The van der Waals surface area contributed by atoms with E-state index in [0.29, 0.717) is 5.82 Å². The number of nitrogens with zero attached hydrogens (tertiary/aromatic N) is 2. The zero-order valence-electron chi connectivity index (χ0n) is 30.2. The molecule has 0 radical (unpaired) electrons. The first-order valence-electron chi connectivity index (χ1n) is 18.8. The second kappa shape index (κ2) is 13.5. The third-order valence-electron chi connectivity index (χ3n) is 10.7. The molecule has 3 heterocycles. The van der Waals surface area contributed by atoms with Crippen LogP contribution < -0.4 is 0 Å². The number of hydrogen-bond acceptors (Lipinski definition) is 4. The van der Waals surface area contributed by atoms with Crippen LogP contribution in [0.15, 0.2) is 194 Å². The molecule has 0 aliphatic rings. The maximum atomic E-state index is 5.59. The van der Waals surface area contributed by atoms with Gasteiger partial charge in [0.15, 0.2) is 5.82 Å². The van der Waals surface area contributed by atoms with Gasteiger partial charge in [-0.15, -0.1) is 22.7 Å². The van der Waals surface area contributed by atoms with Crippen LogP contribution in [0.4, 0.5) is 0 Å². The van der Waals surface area contributed by atoms with Crippen LogP contribution in [0.5, 0.6) is 0 Å². The van der Waals surface area contributed by atoms with Gasteiger partial charge in [-0.25, -0.2) is 9.97 Å². The van der Waals surface area contributed by atoms with Crippen LogP contribution in [-0.4, -0.2) is 9.97 Å². The second-order valence-electron chi connectivity index (χ2n) is 14.1. The molecule has 3 aromatic heterocycles. The monoisotopic (exact) mass is 748 g/mol. The Hall–Kier alpha value is -6.72. The Morgan fingerprint density at radius 2 is 0.732 bits per heavy atom. The molecule has 4 heteroatoms. The molecule has 0 N–H and O–H groups in total. The number of aromatic nitrogens is 2. The summed E-state index contributed by atoms with van der Waals surface area (Å²) in [6.07, 6.45) is 0. The molecule has 2 nitrogen and oxygen atoms in total. The van der Waals surface area contributed by atoms with Gasteiger partial charge in [-0.1, -0.05) is 170 Å². The number of thiophene rings is 2. The molecule has 56 heavy (non-hydrogen) atoms. The van der Waals surface area contributed by atoms with E-state index >= 15 is 0 Å². The third-order valence-corrected chi connectivity index (χ3v) is 13.2. The number of benzene rings is 8. The van der Waals surface area contributed by atoms with Gasteiger partial charge in [-0.05, 0) is 57.6 Å². The first kappa shape index (κ1) is 32.7. The standard InChI is InChI=1S/C52H32N2S2/c1-3-15-33(16-4-1)35-19-11-20-36(31-35)38-24-12-23-37(34-17-5-2-6-18-34)49(38)52-53-45(43-27-13-25-41-39-21-7-9-29-47(39)55-50(41)43)32-46(54-52)44-28-14-26-42-40-22-8-10-30-48(40)56-51(42)44/h1-32H. The van der Waals surface area contributed by atoms with Crippen LogP contribution in [0.2, 0.25) is 0 Å². The van der Waals surface area contributed by atoms with E-state index in [4.69, 9.17) is 9.97 Å². The molecule has 11 aromatic rings. The first-order valence-corrected chi connectivity index (χ1v) is 20.5. The highest BCUT2D eigenvalue weighted by Crippen LogP contribution is 2.45. The molecule has 8 aromatic carbocycles. The van der Waals surface area contributed by atoms with Crippen molar-refractivity contribution in [1.29, 1.82) is 0 Å². The van der Waals surface area contributed by atoms with E-state index in [1.54, 1.807) is 0 Å². The van der Waals surface area contributed by atoms with Crippen molar-refractivity contribution in [3.05, 3.63) is 194 Å². The van der Waals surface area contributed by atoms with Gasteiger partial charge < -0.3 is 0 Å². The van der Waals surface area contributed by atoms with Gasteiger partial charge in [0, 0.05) is 57.0 Å². The first-order chi connectivity index (χ1) is 27.8. The topological polar surface area (TPSA) is 25.8 Å². The van der Waals surface area contributed by atoms with E-state index in [2.05, 4.69) is 194 Å². The van der Waals surface area contributed by atoms with Crippen molar-refractivity contribution in [2.24, 2.45) is 0 Å². The molecule has 0 unspecified atom stereocenters. The molecule has 0 spiro atoms. The van der Waals surface area contributed by atoms with Crippen molar-refractivity contribution < 1.29 is 0 Å². The fraction of sp³-hybridized carbons (Fsp3) is 0. The lowest BCUT2D eigenvalue weighted by atomic mass is 9.89. The number of hydrogen-bond donors (Lipinski definition) is 0. The predicted molar refractivity (Wildman–Crippen MR) is 240 cm³/mol. The Morgan fingerprint density at radius 1 is 0.304 bits per heavy atom. The largest absolute Gasteiger partial charge is 0.228 e. The Morgan fingerprint density at radius 3 is 1.34 bits per heavy atom. The molecule has 0 saturated heterocycles. The highest BCUT2D eigenvalue weighted by Gasteiger charge is 2.22. The fourth-order valence-corrected chi connectivity index (χ4v) is 10.6. The zero-order valence-corrected chi connectivity index (χ0v) is 31.8. The summed E-state index contributed by atoms with van der Waals surface area (Å²) in [5.74, 6) is 0.702. The molecule has 11 rings (SSSR count). The van der Waals surface area contributed by atoms with Crippen molar-refractivity contribution in [3.63, 3.8) is 0 Å². The summed E-state index contributed by atoms with van der Waals surface area (Å²) < 4.78 is 5.01. The molecular formula is C52H32N2S2. The summed E-state index contributed by atoms with van der Waals surface area (Å²) in [6, 6.07) is 69.6. The normalized spacial score (nSPS) is 11.6. The Labute approximate surface area is 332 Å². The van der Waals surface area contributed by atoms with E-state index in [-0.39, 0.29) is 0 Å². The van der Waals surface area contributed by atoms with Crippen LogP contribution in [0.3, 0.4) is 0 Å². The molecule has 0 aliphatic heterocycles. The Bertz CT molecular complexity index is 3120. The van der Waals surface area contributed by atoms with Gasteiger partial charge in [0.05, 0.1) is 11.4 Å². The van der Waals surface area contributed by atoms with Gasteiger partial charge in [0.2, 0.25) is 0 Å². The summed E-state index contributed by atoms with van der Waals surface area (Å²) in [5, 5.41) is 5.04. The summed E-state index contributed by atoms with van der Waals surface area (Å²) in [4.78, 5) is 11.2. The molecule has 0 saturated carbocycles. The minimum Gasteiger partial charge on any atom is -0.228 e. The molecule has 0 fully saturated rings. The van der Waals surface area contributed by atoms with Crippen LogP contribution in [-0.2, 0) is 0 Å². The van der Waals surface area contributed by atoms with Gasteiger partial charge in [-0.3, -0.25) is 0 Å². The van der Waals surface area contributed by atoms with Crippen molar-refractivity contribution in [2.75, 3.05) is 0 Å². The zero-order chi connectivity index (χ0) is 37.0. The Balaban J connectivity index is 1.22. The summed E-state index contributed by atoms with van der Waals surface area (Å²) in [5.41, 5.74) is 11.8. The van der Waals surface area contributed by atoms with Crippen LogP contribution in [0.1, 0.15) is 0 Å². The van der Waals surface area contributed by atoms with Crippen LogP contribution >= 0.6 is 22.7 Å². The van der Waals surface area contributed by atoms with E-state index in [0.717, 1.165) is 50.3 Å². The quantitative estimate of drug-likeness (QED) is 0.169. The maximum absolute atomic E-state index is 5.59. The van der Waals surface area contributed by atoms with Crippen LogP contribution in [0.25, 0.3) is 108 Å². The average molecular weight is 749 g/mol. The van der Waals surface area contributed by atoms with Crippen molar-refractivity contribution in [2.45, 2.75) is 0 Å². The summed E-state index contributed by atoms with van der Waals surface area (Å²) in [7, 11) is 0. The highest BCUT2D eigenvalue weighted by molar-refractivity contribution is 7.26. The minimum absolute atomic E-state index is 0.702. The van der Waals surface area contributed by atoms with Crippen molar-refractivity contribution in [1.82, 2.24) is 9.97 Å². The van der Waals surface area contributed by atoms with Crippen molar-refractivity contribution in [3.8, 4) is 67.3 Å². The lowest BCUT2D eigenvalue weighted by molar-refractivity contribution is 1.19. The van der Waals surface area contributed by atoms with E-state index in [1.165, 1.54) is 51.5 Å². The van der Waals surface area contributed by atoms with Gasteiger partial charge in [-0.2, -0.15) is 0 Å². The third kappa shape index (κ3) is 5.53. The fourth-order valence-electron chi connectivity index (χ4n) is 8.12. The second-order valence-corrected chi connectivity index (χ2v) is 16.2. The van der Waals surface area contributed by atoms with Crippen LogP contribution in [0, 0.1) is 0 Å². The molecule has 0 amide bonds. The minimum atomic E-state index is 0.702. The maximum Gasteiger partial charge on any atom is 0.161 e. The molecule has 262 valence electrons. The van der Waals surface area contributed by atoms with E-state index in [1.807, 2.05) is 22.7 Å². The SMILES string of the molecule is c1ccc(-c2cccc(-c3cccc(-c4ccccc4)c3-c3nc(-c4cccc5c4sc4ccccc45)cc(-c4cccc5c4sc4ccccc45)n3)c2)cc1. The average Bonchev–Trinajstić information content (AvgIpc) is 3.85. The Kier molecular flexibility index (Phi) is 7.90. The van der Waals surface area contributed by atoms with E-state index < -0.39 is 0 Å². The highest BCUT2D eigenvalue weighted by atomic mass is 32.1. The molecule has 0 atom stereocenters.